The van der Waals surface area contributed by atoms with E-state index in [2.05, 4.69) is 57.0 Å². The maximum Gasteiger partial charge on any atom is 0.229 e. The van der Waals surface area contributed by atoms with Gasteiger partial charge in [0.25, 0.3) is 0 Å². The van der Waals surface area contributed by atoms with Crippen LogP contribution in [0.5, 0.6) is 11.5 Å². The highest BCUT2D eigenvalue weighted by molar-refractivity contribution is 5.79. The Kier molecular flexibility index (Phi) is 6.70. The van der Waals surface area contributed by atoms with Gasteiger partial charge in [0.2, 0.25) is 5.95 Å². The molecule has 0 spiro atoms. The molecule has 5 aromatic rings. The van der Waals surface area contributed by atoms with Gasteiger partial charge in [-0.2, -0.15) is 4.98 Å². The van der Waals surface area contributed by atoms with E-state index >= 15 is 0 Å². The van der Waals surface area contributed by atoms with Crippen LogP contribution in [0.15, 0.2) is 85.2 Å². The minimum atomic E-state index is 0.591. The topological polar surface area (TPSA) is 55.2 Å². The Morgan fingerprint density at radius 1 is 0.850 bits per heavy atom. The first kappa shape index (κ1) is 24.9. The van der Waals surface area contributed by atoms with E-state index in [1.165, 1.54) is 49.9 Å². The van der Waals surface area contributed by atoms with Crippen molar-refractivity contribution < 1.29 is 4.74 Å². The van der Waals surface area contributed by atoms with Gasteiger partial charge in [0.05, 0.1) is 5.69 Å². The molecule has 1 N–H and O–H groups in total. The smallest absolute Gasteiger partial charge is 0.229 e. The second-order valence-electron chi connectivity index (χ2n) is 11.1. The van der Waals surface area contributed by atoms with Gasteiger partial charge in [0.15, 0.2) is 5.75 Å². The Bertz CT molecular complexity index is 1650. The first-order valence-corrected chi connectivity index (χ1v) is 14.5. The summed E-state index contributed by atoms with van der Waals surface area (Å²) in [7, 11) is 0. The zero-order chi connectivity index (χ0) is 26.9. The normalized spacial score (nSPS) is 17.5. The lowest BCUT2D eigenvalue weighted by Crippen LogP contribution is -2.32. The molecule has 0 bridgehead atoms. The maximum atomic E-state index is 6.36. The van der Waals surface area contributed by atoms with Crippen LogP contribution in [0.25, 0.3) is 16.7 Å². The molecule has 6 heteroatoms. The van der Waals surface area contributed by atoms with E-state index < -0.39 is 0 Å². The summed E-state index contributed by atoms with van der Waals surface area (Å²) in [6.07, 6.45) is 11.4. The summed E-state index contributed by atoms with van der Waals surface area (Å²) in [5.74, 6) is 2.21. The van der Waals surface area contributed by atoms with E-state index in [0.717, 1.165) is 58.4 Å². The predicted molar refractivity (Wildman–Crippen MR) is 161 cm³/mol. The molecule has 3 heterocycles. The molecule has 2 aliphatic rings. The van der Waals surface area contributed by atoms with Crippen molar-refractivity contribution in [2.45, 2.75) is 51.5 Å². The number of rotatable bonds is 6. The number of anilines is 2. The zero-order valence-corrected chi connectivity index (χ0v) is 23.0. The SMILES string of the molecule is Cc1ccccc1Oc1ccccc1-n1ccc2cnc(Nc3ccc4c(c3)CCC(N3CCCC3)CC4)nc21. The first-order chi connectivity index (χ1) is 19.7. The van der Waals surface area contributed by atoms with Crippen molar-refractivity contribution in [1.29, 1.82) is 0 Å². The van der Waals surface area contributed by atoms with Gasteiger partial charge in [-0.25, -0.2) is 4.98 Å². The molecule has 0 amide bonds. The lowest BCUT2D eigenvalue weighted by Gasteiger charge is -2.25. The lowest BCUT2D eigenvalue weighted by atomic mass is 10.0. The fourth-order valence-corrected chi connectivity index (χ4v) is 6.27. The molecule has 3 aromatic carbocycles. The number of nitrogens with zero attached hydrogens (tertiary/aromatic N) is 4. The molecule has 2 aromatic heterocycles. The summed E-state index contributed by atoms with van der Waals surface area (Å²) in [6.45, 7) is 4.61. The summed E-state index contributed by atoms with van der Waals surface area (Å²) < 4.78 is 8.43. The van der Waals surface area contributed by atoms with E-state index in [0.29, 0.717) is 5.95 Å². The summed E-state index contributed by atoms with van der Waals surface area (Å²) in [5, 5.41) is 4.46. The molecule has 0 saturated carbocycles. The number of hydrogen-bond donors (Lipinski definition) is 1. The van der Waals surface area contributed by atoms with Crippen molar-refractivity contribution in [2.75, 3.05) is 18.4 Å². The number of para-hydroxylation sites is 3. The highest BCUT2D eigenvalue weighted by Crippen LogP contribution is 2.33. The zero-order valence-electron chi connectivity index (χ0n) is 23.0. The number of fused-ring (bicyclic) bond motifs is 2. The van der Waals surface area contributed by atoms with Gasteiger partial charge in [-0.05, 0) is 112 Å². The van der Waals surface area contributed by atoms with E-state index in [9.17, 15) is 0 Å². The number of likely N-dealkylation sites (tertiary alicyclic amines) is 1. The average molecular weight is 530 g/mol. The molecule has 1 atom stereocenters. The Morgan fingerprint density at radius 3 is 2.48 bits per heavy atom. The number of aryl methyl sites for hydroxylation is 3. The summed E-state index contributed by atoms with van der Waals surface area (Å²) >= 11 is 0. The first-order valence-electron chi connectivity index (χ1n) is 14.5. The van der Waals surface area contributed by atoms with Crippen LogP contribution in [0.3, 0.4) is 0 Å². The van der Waals surface area contributed by atoms with Crippen LogP contribution >= 0.6 is 0 Å². The third-order valence-corrected chi connectivity index (χ3v) is 8.48. The molecular formula is C34H35N5O. The van der Waals surface area contributed by atoms with Crippen molar-refractivity contribution in [3.05, 3.63) is 102 Å². The quantitative estimate of drug-likeness (QED) is 0.230. The van der Waals surface area contributed by atoms with Crippen LogP contribution in [0, 0.1) is 6.92 Å². The van der Waals surface area contributed by atoms with Gasteiger partial charge < -0.3 is 15.0 Å². The Balaban J connectivity index is 1.14. The Labute approximate surface area is 235 Å². The second kappa shape index (κ2) is 10.8. The lowest BCUT2D eigenvalue weighted by molar-refractivity contribution is 0.222. The monoisotopic (exact) mass is 529 g/mol. The minimum Gasteiger partial charge on any atom is -0.455 e. The summed E-state index contributed by atoms with van der Waals surface area (Å²) in [6, 6.07) is 25.7. The molecule has 7 rings (SSSR count). The average Bonchev–Trinajstić information content (AvgIpc) is 3.61. The fourth-order valence-electron chi connectivity index (χ4n) is 6.27. The largest absolute Gasteiger partial charge is 0.455 e. The minimum absolute atomic E-state index is 0.591. The van der Waals surface area contributed by atoms with Crippen molar-refractivity contribution >= 4 is 22.7 Å². The maximum absolute atomic E-state index is 6.36. The number of hydrogen-bond acceptors (Lipinski definition) is 5. The van der Waals surface area contributed by atoms with Crippen LogP contribution in [0.4, 0.5) is 11.6 Å². The van der Waals surface area contributed by atoms with Crippen molar-refractivity contribution in [2.24, 2.45) is 0 Å². The van der Waals surface area contributed by atoms with Gasteiger partial charge in [0, 0.05) is 29.5 Å². The van der Waals surface area contributed by atoms with Crippen LogP contribution in [0.1, 0.15) is 42.4 Å². The molecule has 0 radical (unpaired) electrons. The van der Waals surface area contributed by atoms with Crippen LogP contribution in [-0.2, 0) is 12.8 Å². The second-order valence-corrected chi connectivity index (χ2v) is 11.1. The molecular weight excluding hydrogens is 494 g/mol. The third kappa shape index (κ3) is 4.95. The van der Waals surface area contributed by atoms with E-state index in [4.69, 9.17) is 9.72 Å². The molecule has 1 saturated heterocycles. The molecule has 6 nitrogen and oxygen atoms in total. The van der Waals surface area contributed by atoms with Crippen molar-refractivity contribution in [1.82, 2.24) is 19.4 Å². The number of benzene rings is 3. The van der Waals surface area contributed by atoms with Crippen LogP contribution in [0.2, 0.25) is 0 Å². The molecule has 1 fully saturated rings. The Morgan fingerprint density at radius 2 is 1.62 bits per heavy atom. The Hall–Kier alpha value is -4.16. The predicted octanol–water partition coefficient (Wildman–Crippen LogP) is 7.61. The number of ether oxygens (including phenoxy) is 1. The van der Waals surface area contributed by atoms with Gasteiger partial charge >= 0.3 is 0 Å². The molecule has 1 aliphatic heterocycles. The van der Waals surface area contributed by atoms with Gasteiger partial charge in [-0.3, -0.25) is 4.57 Å². The van der Waals surface area contributed by atoms with Gasteiger partial charge in [-0.1, -0.05) is 36.4 Å². The summed E-state index contributed by atoms with van der Waals surface area (Å²) in [5.41, 5.74) is 6.85. The van der Waals surface area contributed by atoms with E-state index in [1.54, 1.807) is 0 Å². The van der Waals surface area contributed by atoms with Crippen LogP contribution in [-0.4, -0.2) is 38.6 Å². The number of aromatic nitrogens is 3. The van der Waals surface area contributed by atoms with E-state index in [-0.39, 0.29) is 0 Å². The highest BCUT2D eigenvalue weighted by Gasteiger charge is 2.24. The molecule has 1 unspecified atom stereocenters. The van der Waals surface area contributed by atoms with Crippen molar-refractivity contribution in [3.8, 4) is 17.2 Å². The van der Waals surface area contributed by atoms with Crippen LogP contribution < -0.4 is 10.1 Å². The highest BCUT2D eigenvalue weighted by atomic mass is 16.5. The third-order valence-electron chi connectivity index (χ3n) is 8.48. The fraction of sp³-hybridized carbons (Fsp3) is 0.294. The molecule has 40 heavy (non-hydrogen) atoms. The standard InChI is InChI=1S/C34H35N5O/c1-24-8-2-4-10-31(24)40-32-11-5-3-9-30(32)39-21-18-27-23-35-34(37-33(27)39)36-28-15-12-25-13-16-29(17-14-26(25)22-28)38-19-6-7-20-38/h2-5,8-12,15,18,21-23,29H,6-7,13-14,16-17,19-20H2,1H3,(H,35,36,37). The number of nitrogens with one attached hydrogen (secondary N) is 1. The molecule has 202 valence electrons. The van der Waals surface area contributed by atoms with E-state index in [1.807, 2.05) is 54.9 Å². The molecule has 1 aliphatic carbocycles. The summed E-state index contributed by atoms with van der Waals surface area (Å²) in [4.78, 5) is 12.3. The van der Waals surface area contributed by atoms with Gasteiger partial charge in [-0.15, -0.1) is 0 Å². The van der Waals surface area contributed by atoms with Crippen molar-refractivity contribution in [3.63, 3.8) is 0 Å². The van der Waals surface area contributed by atoms with Gasteiger partial charge in [0.1, 0.15) is 11.4 Å².